The van der Waals surface area contributed by atoms with Gasteiger partial charge in [0.05, 0.1) is 11.1 Å². The largest absolute Gasteiger partial charge is 0.444 e. The first-order chi connectivity index (χ1) is 14.9. The molecule has 1 aliphatic rings. The van der Waals surface area contributed by atoms with Gasteiger partial charge in [0.1, 0.15) is 11.4 Å². The van der Waals surface area contributed by atoms with Gasteiger partial charge < -0.3 is 14.5 Å². The molecule has 1 amide bonds. The van der Waals surface area contributed by atoms with Gasteiger partial charge in [-0.1, -0.05) is 36.4 Å². The molecule has 0 aliphatic carbocycles. The number of ether oxygens (including phenoxy) is 1. The molecule has 0 N–H and O–H groups in total. The summed E-state index contributed by atoms with van der Waals surface area (Å²) in [6, 6.07) is 18.1. The SMILES string of the molecule is CC(C)(C)OC(=O)N1CCCN(c2c(C=O)c3ccccc3n2-c2ccccc2)CC1. The van der Waals surface area contributed by atoms with Gasteiger partial charge in [-0.25, -0.2) is 4.79 Å². The van der Waals surface area contributed by atoms with E-state index in [0.29, 0.717) is 25.2 Å². The van der Waals surface area contributed by atoms with Gasteiger partial charge >= 0.3 is 6.09 Å². The van der Waals surface area contributed by atoms with Gasteiger partial charge in [-0.2, -0.15) is 0 Å². The number of aromatic nitrogens is 1. The highest BCUT2D eigenvalue weighted by molar-refractivity contribution is 6.05. The number of rotatable bonds is 3. The second-order valence-electron chi connectivity index (χ2n) is 8.85. The molecule has 0 radical (unpaired) electrons. The van der Waals surface area contributed by atoms with Crippen LogP contribution < -0.4 is 4.90 Å². The zero-order valence-corrected chi connectivity index (χ0v) is 18.4. The van der Waals surface area contributed by atoms with Gasteiger partial charge in [0.2, 0.25) is 0 Å². The molecule has 31 heavy (non-hydrogen) atoms. The minimum absolute atomic E-state index is 0.284. The predicted octanol–water partition coefficient (Wildman–Crippen LogP) is 4.89. The summed E-state index contributed by atoms with van der Waals surface area (Å²) in [5.74, 6) is 0.883. The lowest BCUT2D eigenvalue weighted by Gasteiger charge is -2.27. The fraction of sp³-hybridized carbons (Fsp3) is 0.360. The highest BCUT2D eigenvalue weighted by Crippen LogP contribution is 2.35. The van der Waals surface area contributed by atoms with Crippen LogP contribution in [0.5, 0.6) is 0 Å². The van der Waals surface area contributed by atoms with Crippen LogP contribution in [0.3, 0.4) is 0 Å². The number of nitrogens with zero attached hydrogens (tertiary/aromatic N) is 3. The average molecular weight is 420 g/mol. The molecule has 2 heterocycles. The Morgan fingerprint density at radius 2 is 1.65 bits per heavy atom. The Morgan fingerprint density at radius 3 is 2.35 bits per heavy atom. The molecule has 0 spiro atoms. The van der Waals surface area contributed by atoms with E-state index in [-0.39, 0.29) is 6.09 Å². The summed E-state index contributed by atoms with van der Waals surface area (Å²) >= 11 is 0. The molecule has 0 bridgehead atoms. The predicted molar refractivity (Wildman–Crippen MR) is 123 cm³/mol. The Kier molecular flexibility index (Phi) is 5.72. The minimum atomic E-state index is -0.520. The zero-order chi connectivity index (χ0) is 22.0. The molecule has 2 aromatic carbocycles. The van der Waals surface area contributed by atoms with Crippen molar-refractivity contribution < 1.29 is 14.3 Å². The van der Waals surface area contributed by atoms with Crippen molar-refractivity contribution in [2.45, 2.75) is 32.8 Å². The molecule has 0 saturated carbocycles. The van der Waals surface area contributed by atoms with E-state index in [1.807, 2.05) is 63.2 Å². The molecule has 1 aliphatic heterocycles. The van der Waals surface area contributed by atoms with Crippen LogP contribution in [0.25, 0.3) is 16.6 Å². The van der Waals surface area contributed by atoms with E-state index >= 15 is 0 Å². The van der Waals surface area contributed by atoms with Crippen LogP contribution in [0.2, 0.25) is 0 Å². The lowest BCUT2D eigenvalue weighted by molar-refractivity contribution is 0.0263. The van der Waals surface area contributed by atoms with Crippen molar-refractivity contribution in [2.75, 3.05) is 31.1 Å². The summed E-state index contributed by atoms with van der Waals surface area (Å²) in [5.41, 5.74) is 2.17. The van der Waals surface area contributed by atoms with Crippen molar-refractivity contribution in [1.82, 2.24) is 9.47 Å². The summed E-state index contributed by atoms with van der Waals surface area (Å²) < 4.78 is 7.72. The minimum Gasteiger partial charge on any atom is -0.444 e. The van der Waals surface area contributed by atoms with Crippen LogP contribution in [0.1, 0.15) is 37.6 Å². The molecule has 0 unspecified atom stereocenters. The monoisotopic (exact) mass is 419 g/mol. The number of hydrogen-bond acceptors (Lipinski definition) is 4. The topological polar surface area (TPSA) is 54.8 Å². The summed E-state index contributed by atoms with van der Waals surface area (Å²) in [6.07, 6.45) is 1.47. The Morgan fingerprint density at radius 1 is 0.935 bits per heavy atom. The Hall–Kier alpha value is -3.28. The van der Waals surface area contributed by atoms with E-state index in [9.17, 15) is 9.59 Å². The molecule has 6 nitrogen and oxygen atoms in total. The fourth-order valence-electron chi connectivity index (χ4n) is 4.16. The number of aldehydes is 1. The fourth-order valence-corrected chi connectivity index (χ4v) is 4.16. The number of carbonyl (C=O) groups excluding carboxylic acids is 2. The third-order valence-electron chi connectivity index (χ3n) is 5.47. The van der Waals surface area contributed by atoms with Crippen molar-refractivity contribution in [1.29, 1.82) is 0 Å². The lowest BCUT2D eigenvalue weighted by atomic mass is 10.2. The van der Waals surface area contributed by atoms with Crippen LogP contribution in [0.4, 0.5) is 10.6 Å². The summed E-state index contributed by atoms with van der Waals surface area (Å²) in [7, 11) is 0. The molecule has 3 aromatic rings. The number of benzene rings is 2. The Bertz CT molecular complexity index is 1080. The Balaban J connectivity index is 1.73. The highest BCUT2D eigenvalue weighted by atomic mass is 16.6. The number of fused-ring (bicyclic) bond motifs is 1. The second kappa shape index (κ2) is 8.46. The molecule has 1 aromatic heterocycles. The standard InChI is InChI=1S/C25H29N3O3/c1-25(2,3)31-24(30)27-15-9-14-26(16-17-27)23-21(18-29)20-12-7-8-13-22(20)28(23)19-10-5-4-6-11-19/h4-8,10-13,18H,9,14-17H2,1-3H3. The number of hydrogen-bond donors (Lipinski definition) is 0. The van der Waals surface area contributed by atoms with Crippen molar-refractivity contribution >= 4 is 29.1 Å². The van der Waals surface area contributed by atoms with E-state index < -0.39 is 5.60 Å². The van der Waals surface area contributed by atoms with Gasteiger partial charge in [0.25, 0.3) is 0 Å². The van der Waals surface area contributed by atoms with Crippen molar-refractivity contribution in [3.63, 3.8) is 0 Å². The molecule has 0 atom stereocenters. The molecule has 1 fully saturated rings. The van der Waals surface area contributed by atoms with Crippen LogP contribution in [-0.4, -0.2) is 53.6 Å². The smallest absolute Gasteiger partial charge is 0.410 e. The van der Waals surface area contributed by atoms with Crippen molar-refractivity contribution in [3.8, 4) is 5.69 Å². The van der Waals surface area contributed by atoms with Crippen molar-refractivity contribution in [2.24, 2.45) is 0 Å². The third-order valence-corrected chi connectivity index (χ3v) is 5.47. The van der Waals surface area contributed by atoms with Gasteiger partial charge in [-0.15, -0.1) is 0 Å². The summed E-state index contributed by atoms with van der Waals surface area (Å²) in [4.78, 5) is 28.8. The summed E-state index contributed by atoms with van der Waals surface area (Å²) in [5, 5.41) is 0.935. The van der Waals surface area contributed by atoms with Crippen LogP contribution in [-0.2, 0) is 4.74 Å². The van der Waals surface area contributed by atoms with E-state index in [0.717, 1.165) is 41.7 Å². The van der Waals surface area contributed by atoms with Gasteiger partial charge in [0, 0.05) is 37.3 Å². The molecule has 162 valence electrons. The van der Waals surface area contributed by atoms with Crippen LogP contribution in [0, 0.1) is 0 Å². The number of carbonyl (C=O) groups is 2. The molecular weight excluding hydrogens is 390 g/mol. The van der Waals surface area contributed by atoms with Gasteiger partial charge in [-0.05, 0) is 45.4 Å². The van der Waals surface area contributed by atoms with Gasteiger partial charge in [0.15, 0.2) is 6.29 Å². The summed E-state index contributed by atoms with van der Waals surface area (Å²) in [6.45, 7) is 8.19. The van der Waals surface area contributed by atoms with Crippen LogP contribution >= 0.6 is 0 Å². The second-order valence-corrected chi connectivity index (χ2v) is 8.85. The van der Waals surface area contributed by atoms with E-state index in [2.05, 4.69) is 21.6 Å². The first-order valence-electron chi connectivity index (χ1n) is 10.8. The first kappa shape index (κ1) is 21.0. The molecule has 6 heteroatoms. The number of amides is 1. The normalized spacial score (nSPS) is 15.1. The quantitative estimate of drug-likeness (QED) is 0.567. The van der Waals surface area contributed by atoms with Gasteiger partial charge in [-0.3, -0.25) is 9.36 Å². The van der Waals surface area contributed by atoms with E-state index in [1.54, 1.807) is 4.90 Å². The highest BCUT2D eigenvalue weighted by Gasteiger charge is 2.28. The number of para-hydroxylation sites is 2. The van der Waals surface area contributed by atoms with Crippen LogP contribution in [0.15, 0.2) is 54.6 Å². The van der Waals surface area contributed by atoms with Crippen molar-refractivity contribution in [3.05, 3.63) is 60.2 Å². The maximum absolute atomic E-state index is 12.6. The van der Waals surface area contributed by atoms with E-state index in [4.69, 9.17) is 4.74 Å². The lowest BCUT2D eigenvalue weighted by Crippen LogP contribution is -2.39. The average Bonchev–Trinajstić information content (AvgIpc) is 2.88. The molecular formula is C25H29N3O3. The Labute approximate surface area is 183 Å². The number of anilines is 1. The third kappa shape index (κ3) is 4.29. The maximum Gasteiger partial charge on any atom is 0.410 e. The van der Waals surface area contributed by atoms with E-state index in [1.165, 1.54) is 0 Å². The first-order valence-corrected chi connectivity index (χ1v) is 10.8. The zero-order valence-electron chi connectivity index (χ0n) is 18.4. The maximum atomic E-state index is 12.6. The molecule has 4 rings (SSSR count). The molecule has 1 saturated heterocycles.